The molecule has 7 heteroatoms. The summed E-state index contributed by atoms with van der Waals surface area (Å²) in [5, 5.41) is 3.34. The lowest BCUT2D eigenvalue weighted by atomic mass is 10.1. The van der Waals surface area contributed by atoms with Crippen molar-refractivity contribution in [2.75, 3.05) is 11.9 Å². The smallest absolute Gasteiger partial charge is 0.422 e. The fourth-order valence-electron chi connectivity index (χ4n) is 2.43. The number of alkyl halides is 3. The summed E-state index contributed by atoms with van der Waals surface area (Å²) in [6.07, 6.45) is -4.47. The van der Waals surface area contributed by atoms with Gasteiger partial charge in [0.05, 0.1) is 5.69 Å². The summed E-state index contributed by atoms with van der Waals surface area (Å²) in [6, 6.07) is 13.1. The molecule has 1 aromatic heterocycles. The number of fused-ring (bicyclic) bond motifs is 1. The molecule has 2 aromatic carbocycles. The van der Waals surface area contributed by atoms with Crippen LogP contribution >= 0.6 is 0 Å². The van der Waals surface area contributed by atoms with E-state index in [-0.39, 0.29) is 17.2 Å². The van der Waals surface area contributed by atoms with Crippen molar-refractivity contribution in [2.45, 2.75) is 13.1 Å². The predicted molar refractivity (Wildman–Crippen MR) is 86.9 cm³/mol. The molecule has 0 aliphatic heterocycles. The first-order valence-corrected chi connectivity index (χ1v) is 7.43. The highest BCUT2D eigenvalue weighted by Crippen LogP contribution is 2.29. The Hall–Kier alpha value is -2.96. The maximum absolute atomic E-state index is 12.5. The van der Waals surface area contributed by atoms with Gasteiger partial charge in [-0.2, -0.15) is 13.2 Å². The van der Waals surface area contributed by atoms with Gasteiger partial charge < -0.3 is 14.5 Å². The minimum absolute atomic E-state index is 0.0676. The van der Waals surface area contributed by atoms with E-state index in [4.69, 9.17) is 9.15 Å². The van der Waals surface area contributed by atoms with Crippen LogP contribution in [0.5, 0.6) is 5.75 Å². The number of nitrogens with one attached hydrogen (secondary N) is 1. The zero-order chi connectivity index (χ0) is 18.0. The van der Waals surface area contributed by atoms with Crippen LogP contribution in [0, 0.1) is 6.92 Å². The number of anilines is 1. The highest BCUT2D eigenvalue weighted by atomic mass is 19.4. The van der Waals surface area contributed by atoms with Gasteiger partial charge in [-0.05, 0) is 25.1 Å². The molecule has 0 unspecified atom stereocenters. The van der Waals surface area contributed by atoms with E-state index in [2.05, 4.69) is 5.32 Å². The molecule has 0 saturated carbocycles. The number of rotatable bonds is 4. The second-order valence-electron chi connectivity index (χ2n) is 5.41. The molecule has 0 bridgehead atoms. The molecule has 0 saturated heterocycles. The average Bonchev–Trinajstić information content (AvgIpc) is 2.91. The van der Waals surface area contributed by atoms with Crippen LogP contribution in [-0.2, 0) is 0 Å². The molecule has 0 radical (unpaired) electrons. The number of benzene rings is 2. The molecule has 25 heavy (non-hydrogen) atoms. The van der Waals surface area contributed by atoms with Crippen molar-refractivity contribution in [2.24, 2.45) is 0 Å². The van der Waals surface area contributed by atoms with Crippen LogP contribution in [0.25, 0.3) is 11.0 Å². The van der Waals surface area contributed by atoms with Gasteiger partial charge in [0.2, 0.25) is 0 Å². The first kappa shape index (κ1) is 16.9. The van der Waals surface area contributed by atoms with Gasteiger partial charge >= 0.3 is 6.18 Å². The van der Waals surface area contributed by atoms with Gasteiger partial charge in [-0.3, -0.25) is 4.79 Å². The first-order chi connectivity index (χ1) is 11.8. The van der Waals surface area contributed by atoms with Crippen molar-refractivity contribution in [3.05, 3.63) is 59.9 Å². The van der Waals surface area contributed by atoms with Crippen molar-refractivity contribution < 1.29 is 27.1 Å². The third-order valence-electron chi connectivity index (χ3n) is 3.58. The van der Waals surface area contributed by atoms with Crippen LogP contribution in [0.2, 0.25) is 0 Å². The summed E-state index contributed by atoms with van der Waals surface area (Å²) >= 11 is 0. The van der Waals surface area contributed by atoms with Crippen LogP contribution < -0.4 is 10.1 Å². The molecule has 130 valence electrons. The Kier molecular flexibility index (Phi) is 4.39. The molecule has 1 heterocycles. The summed E-state index contributed by atoms with van der Waals surface area (Å²) in [6.45, 7) is 0.302. The normalized spacial score (nSPS) is 11.5. The minimum Gasteiger partial charge on any atom is -0.482 e. The molecule has 4 nitrogen and oxygen atoms in total. The molecule has 0 aliphatic rings. The molecule has 0 fully saturated rings. The predicted octanol–water partition coefficient (Wildman–Crippen LogP) is 4.93. The Balaban J connectivity index is 1.84. The molecule has 1 N–H and O–H groups in total. The lowest BCUT2D eigenvalue weighted by Crippen LogP contribution is -2.20. The number of carbonyl (C=O) groups is 1. The summed E-state index contributed by atoms with van der Waals surface area (Å²) in [7, 11) is 0. The maximum atomic E-state index is 12.5. The Labute approximate surface area is 141 Å². The highest BCUT2D eigenvalue weighted by Gasteiger charge is 2.29. The molecule has 0 atom stereocenters. The lowest BCUT2D eigenvalue weighted by Gasteiger charge is -2.13. The van der Waals surface area contributed by atoms with Crippen molar-refractivity contribution in [3.8, 4) is 5.75 Å². The van der Waals surface area contributed by atoms with Gasteiger partial charge in [0.25, 0.3) is 5.91 Å². The second kappa shape index (κ2) is 6.51. The molecular formula is C18H14F3NO3. The summed E-state index contributed by atoms with van der Waals surface area (Å²) in [4.78, 5) is 12.5. The molecule has 1 amide bonds. The van der Waals surface area contributed by atoms with Gasteiger partial charge in [-0.25, -0.2) is 0 Å². The van der Waals surface area contributed by atoms with Crippen LogP contribution in [0.1, 0.15) is 16.1 Å². The summed E-state index contributed by atoms with van der Waals surface area (Å²) < 4.78 is 47.3. The van der Waals surface area contributed by atoms with E-state index >= 15 is 0 Å². The van der Waals surface area contributed by atoms with Gasteiger partial charge in [0.1, 0.15) is 11.3 Å². The topological polar surface area (TPSA) is 51.5 Å². The molecule has 3 rings (SSSR count). The van der Waals surface area contributed by atoms with Gasteiger partial charge in [-0.15, -0.1) is 0 Å². The van der Waals surface area contributed by atoms with Crippen LogP contribution in [-0.4, -0.2) is 18.7 Å². The Bertz CT molecular complexity index is 915. The van der Waals surface area contributed by atoms with Crippen LogP contribution in [0.4, 0.5) is 18.9 Å². The molecule has 0 aliphatic carbocycles. The second-order valence-corrected chi connectivity index (χ2v) is 5.41. The lowest BCUT2D eigenvalue weighted by molar-refractivity contribution is -0.153. The Morgan fingerprint density at radius 3 is 2.52 bits per heavy atom. The Morgan fingerprint density at radius 1 is 1.12 bits per heavy atom. The standard InChI is InChI=1S/C18H14F3NO3/c1-11-12-6-2-4-8-14(12)25-16(11)17(23)22-13-7-3-5-9-15(13)24-10-18(19,20)21/h2-9H,10H2,1H3,(H,22,23). The van der Waals surface area contributed by atoms with Crippen molar-refractivity contribution in [1.82, 2.24) is 0 Å². The maximum Gasteiger partial charge on any atom is 0.422 e. The van der Waals surface area contributed by atoms with Crippen molar-refractivity contribution in [1.29, 1.82) is 0 Å². The van der Waals surface area contributed by atoms with Crippen molar-refractivity contribution >= 4 is 22.6 Å². The average molecular weight is 349 g/mol. The summed E-state index contributed by atoms with van der Waals surface area (Å²) in [5.41, 5.74) is 1.35. The van der Waals surface area contributed by atoms with Gasteiger partial charge in [0.15, 0.2) is 12.4 Å². The van der Waals surface area contributed by atoms with E-state index in [1.165, 1.54) is 18.2 Å². The number of amides is 1. The van der Waals surface area contributed by atoms with E-state index in [1.54, 1.807) is 25.1 Å². The molecule has 0 spiro atoms. The number of hydrogen-bond donors (Lipinski definition) is 1. The molecule has 3 aromatic rings. The largest absolute Gasteiger partial charge is 0.482 e. The zero-order valence-corrected chi connectivity index (χ0v) is 13.2. The third kappa shape index (κ3) is 3.76. The number of hydrogen-bond acceptors (Lipinski definition) is 3. The zero-order valence-electron chi connectivity index (χ0n) is 13.2. The number of para-hydroxylation sites is 3. The van der Waals surface area contributed by atoms with Gasteiger partial charge in [-0.1, -0.05) is 30.3 Å². The highest BCUT2D eigenvalue weighted by molar-refractivity contribution is 6.07. The van der Waals surface area contributed by atoms with Gasteiger partial charge in [0, 0.05) is 10.9 Å². The van der Waals surface area contributed by atoms with E-state index in [1.807, 2.05) is 12.1 Å². The number of furan rings is 1. The monoisotopic (exact) mass is 349 g/mol. The number of halogens is 3. The summed E-state index contributed by atoms with van der Waals surface area (Å²) in [5.74, 6) is -0.523. The minimum atomic E-state index is -4.47. The molecular weight excluding hydrogens is 335 g/mol. The SMILES string of the molecule is Cc1c(C(=O)Nc2ccccc2OCC(F)(F)F)oc2ccccc12. The van der Waals surface area contributed by atoms with E-state index in [0.29, 0.717) is 11.1 Å². The first-order valence-electron chi connectivity index (χ1n) is 7.43. The number of ether oxygens (including phenoxy) is 1. The fourth-order valence-corrected chi connectivity index (χ4v) is 2.43. The third-order valence-corrected chi connectivity index (χ3v) is 3.58. The van der Waals surface area contributed by atoms with E-state index < -0.39 is 18.7 Å². The van der Waals surface area contributed by atoms with Crippen molar-refractivity contribution in [3.63, 3.8) is 0 Å². The fraction of sp³-hybridized carbons (Fsp3) is 0.167. The Morgan fingerprint density at radius 2 is 1.80 bits per heavy atom. The number of aryl methyl sites for hydroxylation is 1. The van der Waals surface area contributed by atoms with Crippen LogP contribution in [0.3, 0.4) is 0 Å². The van der Waals surface area contributed by atoms with Crippen LogP contribution in [0.15, 0.2) is 52.9 Å². The van der Waals surface area contributed by atoms with E-state index in [9.17, 15) is 18.0 Å². The quantitative estimate of drug-likeness (QED) is 0.726. The van der Waals surface area contributed by atoms with E-state index in [0.717, 1.165) is 5.39 Å². The number of carbonyl (C=O) groups excluding carboxylic acids is 1.